The highest BCUT2D eigenvalue weighted by Crippen LogP contribution is 2.21. The predicted octanol–water partition coefficient (Wildman–Crippen LogP) is 2.97. The molecule has 0 saturated carbocycles. The van der Waals surface area contributed by atoms with E-state index in [-0.39, 0.29) is 5.54 Å². The van der Waals surface area contributed by atoms with Gasteiger partial charge in [0.1, 0.15) is 0 Å². The third-order valence-electron chi connectivity index (χ3n) is 3.79. The predicted molar refractivity (Wildman–Crippen MR) is 81.1 cm³/mol. The van der Waals surface area contributed by atoms with Gasteiger partial charge in [-0.2, -0.15) is 0 Å². The van der Waals surface area contributed by atoms with Gasteiger partial charge in [-0.1, -0.05) is 19.9 Å². The molecule has 1 aliphatic rings. The Morgan fingerprint density at radius 3 is 2.68 bits per heavy atom. The molecule has 1 unspecified atom stereocenters. The summed E-state index contributed by atoms with van der Waals surface area (Å²) in [4.78, 5) is 14.1. The van der Waals surface area contributed by atoms with Crippen molar-refractivity contribution in [2.75, 3.05) is 19.6 Å². The van der Waals surface area contributed by atoms with E-state index >= 15 is 0 Å². The summed E-state index contributed by atoms with van der Waals surface area (Å²) in [5.41, 5.74) is 1.19. The van der Waals surface area contributed by atoms with Crippen molar-refractivity contribution >= 4 is 5.91 Å². The molecule has 0 bridgehead atoms. The average molecular weight is 266 g/mol. The van der Waals surface area contributed by atoms with Crippen LogP contribution < -0.4 is 5.32 Å². The number of nitrogens with one attached hydrogen (secondary N) is 1. The summed E-state index contributed by atoms with van der Waals surface area (Å²) in [6.07, 6.45) is 4.09. The second kappa shape index (κ2) is 7.09. The van der Waals surface area contributed by atoms with Crippen LogP contribution in [0.25, 0.3) is 0 Å². The van der Waals surface area contributed by atoms with E-state index in [1.54, 1.807) is 0 Å². The molecular formula is C16H30N2O. The SMILES string of the molecule is C=C(CNC(C)(C)C)CN1CCC(CC)CCC1=O. The zero-order chi connectivity index (χ0) is 14.5. The molecule has 1 atom stereocenters. The van der Waals surface area contributed by atoms with Crippen LogP contribution in [-0.4, -0.2) is 36.0 Å². The number of carbonyl (C=O) groups is 1. The van der Waals surface area contributed by atoms with Gasteiger partial charge in [0.05, 0.1) is 0 Å². The molecule has 1 rings (SSSR count). The summed E-state index contributed by atoms with van der Waals surface area (Å²) in [5, 5.41) is 3.42. The number of nitrogens with zero attached hydrogens (tertiary/aromatic N) is 1. The van der Waals surface area contributed by atoms with Gasteiger partial charge in [0.25, 0.3) is 0 Å². The Bertz CT molecular complexity index is 317. The van der Waals surface area contributed by atoms with Crippen molar-refractivity contribution in [1.29, 1.82) is 0 Å². The summed E-state index contributed by atoms with van der Waals surface area (Å²) in [7, 11) is 0. The summed E-state index contributed by atoms with van der Waals surface area (Å²) < 4.78 is 0. The van der Waals surface area contributed by atoms with Gasteiger partial charge in [-0.15, -0.1) is 0 Å². The molecule has 3 nitrogen and oxygen atoms in total. The lowest BCUT2D eigenvalue weighted by atomic mass is 9.98. The maximum absolute atomic E-state index is 12.1. The Balaban J connectivity index is 2.42. The molecule has 0 aromatic heterocycles. The normalized spacial score (nSPS) is 21.4. The molecule has 1 amide bonds. The van der Waals surface area contributed by atoms with Crippen molar-refractivity contribution in [2.24, 2.45) is 5.92 Å². The molecule has 0 radical (unpaired) electrons. The number of carbonyl (C=O) groups excluding carboxylic acids is 1. The van der Waals surface area contributed by atoms with Gasteiger partial charge >= 0.3 is 0 Å². The van der Waals surface area contributed by atoms with E-state index in [4.69, 9.17) is 0 Å². The van der Waals surface area contributed by atoms with Crippen LogP contribution >= 0.6 is 0 Å². The van der Waals surface area contributed by atoms with Crippen LogP contribution in [-0.2, 0) is 4.79 Å². The van der Waals surface area contributed by atoms with Gasteiger partial charge in [-0.3, -0.25) is 4.79 Å². The smallest absolute Gasteiger partial charge is 0.222 e. The molecule has 3 heteroatoms. The summed E-state index contributed by atoms with van der Waals surface area (Å²) in [6, 6.07) is 0. The van der Waals surface area contributed by atoms with Gasteiger partial charge in [-0.25, -0.2) is 0 Å². The first-order valence-corrected chi connectivity index (χ1v) is 7.51. The number of hydrogen-bond donors (Lipinski definition) is 1. The number of rotatable bonds is 5. The Labute approximate surface area is 118 Å². The standard InChI is InChI=1S/C16H30N2O/c1-6-14-7-8-15(19)18(10-9-14)12-13(2)11-17-16(3,4)5/h14,17H,2,6-12H2,1,3-5H3. The Hall–Kier alpha value is -0.830. The van der Waals surface area contributed by atoms with Gasteiger partial charge in [0.15, 0.2) is 0 Å². The largest absolute Gasteiger partial charge is 0.339 e. The molecule has 1 N–H and O–H groups in total. The average Bonchev–Trinajstić information content (AvgIpc) is 2.49. The van der Waals surface area contributed by atoms with Gasteiger partial charge in [0.2, 0.25) is 5.91 Å². The van der Waals surface area contributed by atoms with Crippen molar-refractivity contribution in [1.82, 2.24) is 10.2 Å². The monoisotopic (exact) mass is 266 g/mol. The van der Waals surface area contributed by atoms with Crippen molar-refractivity contribution in [3.8, 4) is 0 Å². The van der Waals surface area contributed by atoms with E-state index in [9.17, 15) is 4.79 Å². The van der Waals surface area contributed by atoms with E-state index in [2.05, 4.69) is 39.6 Å². The highest BCUT2D eigenvalue weighted by molar-refractivity contribution is 5.76. The summed E-state index contributed by atoms with van der Waals surface area (Å²) in [6.45, 7) is 15.1. The zero-order valence-electron chi connectivity index (χ0n) is 13.1. The number of likely N-dealkylation sites (tertiary alicyclic amines) is 1. The van der Waals surface area contributed by atoms with E-state index in [0.717, 1.165) is 37.4 Å². The first kappa shape index (κ1) is 16.2. The minimum atomic E-state index is 0.0963. The minimum absolute atomic E-state index is 0.0963. The molecule has 1 aliphatic heterocycles. The van der Waals surface area contributed by atoms with Gasteiger partial charge < -0.3 is 10.2 Å². The summed E-state index contributed by atoms with van der Waals surface area (Å²) in [5.74, 6) is 1.02. The first-order chi connectivity index (χ1) is 8.81. The topological polar surface area (TPSA) is 32.3 Å². The molecule has 110 valence electrons. The van der Waals surface area contributed by atoms with E-state index in [0.29, 0.717) is 18.9 Å². The van der Waals surface area contributed by atoms with Crippen LogP contribution in [0, 0.1) is 5.92 Å². The van der Waals surface area contributed by atoms with Crippen molar-refractivity contribution < 1.29 is 4.79 Å². The molecule has 0 aromatic rings. The quantitative estimate of drug-likeness (QED) is 0.776. The molecule has 0 spiro atoms. The molecule has 0 aromatic carbocycles. The maximum Gasteiger partial charge on any atom is 0.222 e. The van der Waals surface area contributed by atoms with Gasteiger partial charge in [-0.05, 0) is 45.1 Å². The fraction of sp³-hybridized carbons (Fsp3) is 0.812. The highest BCUT2D eigenvalue weighted by atomic mass is 16.2. The second-order valence-corrected chi connectivity index (χ2v) is 6.77. The Morgan fingerprint density at radius 2 is 2.11 bits per heavy atom. The van der Waals surface area contributed by atoms with E-state index < -0.39 is 0 Å². The van der Waals surface area contributed by atoms with Gasteiger partial charge in [0, 0.05) is 31.6 Å². The second-order valence-electron chi connectivity index (χ2n) is 6.77. The summed E-state index contributed by atoms with van der Waals surface area (Å²) >= 11 is 0. The molecule has 0 aliphatic carbocycles. The third kappa shape index (κ3) is 6.24. The fourth-order valence-corrected chi connectivity index (χ4v) is 2.38. The van der Waals surface area contributed by atoms with E-state index in [1.165, 1.54) is 6.42 Å². The van der Waals surface area contributed by atoms with E-state index in [1.807, 2.05) is 4.90 Å². The fourth-order valence-electron chi connectivity index (χ4n) is 2.38. The van der Waals surface area contributed by atoms with Crippen LogP contribution in [0.5, 0.6) is 0 Å². The zero-order valence-corrected chi connectivity index (χ0v) is 13.1. The Morgan fingerprint density at radius 1 is 1.42 bits per heavy atom. The van der Waals surface area contributed by atoms with Crippen molar-refractivity contribution in [3.63, 3.8) is 0 Å². The van der Waals surface area contributed by atoms with Crippen LogP contribution in [0.3, 0.4) is 0 Å². The van der Waals surface area contributed by atoms with Crippen molar-refractivity contribution in [3.05, 3.63) is 12.2 Å². The minimum Gasteiger partial charge on any atom is -0.339 e. The lowest BCUT2D eigenvalue weighted by Gasteiger charge is -2.25. The van der Waals surface area contributed by atoms with Crippen LogP contribution in [0.2, 0.25) is 0 Å². The third-order valence-corrected chi connectivity index (χ3v) is 3.79. The lowest BCUT2D eigenvalue weighted by Crippen LogP contribution is -2.40. The van der Waals surface area contributed by atoms with Crippen molar-refractivity contribution in [2.45, 2.75) is 58.9 Å². The maximum atomic E-state index is 12.1. The molecule has 1 fully saturated rings. The molecule has 1 saturated heterocycles. The van der Waals surface area contributed by atoms with Crippen LogP contribution in [0.4, 0.5) is 0 Å². The molecule has 19 heavy (non-hydrogen) atoms. The highest BCUT2D eigenvalue weighted by Gasteiger charge is 2.22. The van der Waals surface area contributed by atoms with Crippen LogP contribution in [0.1, 0.15) is 53.4 Å². The van der Waals surface area contributed by atoms with Crippen LogP contribution in [0.15, 0.2) is 12.2 Å². The first-order valence-electron chi connectivity index (χ1n) is 7.51. The Kier molecular flexibility index (Phi) is 6.05. The number of amides is 1. The molecule has 1 heterocycles. The molecular weight excluding hydrogens is 236 g/mol. The number of hydrogen-bond acceptors (Lipinski definition) is 2. The lowest BCUT2D eigenvalue weighted by molar-refractivity contribution is -0.130.